The maximum Gasteiger partial charge on any atom is 0.274 e. The molecular formula is C16H14N2O5S. The van der Waals surface area contributed by atoms with Gasteiger partial charge in [-0.25, -0.2) is 4.90 Å². The van der Waals surface area contributed by atoms with Crippen LogP contribution in [0.1, 0.15) is 18.4 Å². The van der Waals surface area contributed by atoms with E-state index in [1.807, 2.05) is 0 Å². The van der Waals surface area contributed by atoms with Crippen molar-refractivity contribution in [2.75, 3.05) is 13.4 Å². The number of benzene rings is 1. The number of ether oxygens (including phenoxy) is 3. The summed E-state index contributed by atoms with van der Waals surface area (Å²) in [6.45, 7) is 0.711. The molecule has 0 aromatic heterocycles. The van der Waals surface area contributed by atoms with E-state index in [1.165, 1.54) is 4.90 Å². The van der Waals surface area contributed by atoms with Gasteiger partial charge in [0.15, 0.2) is 16.6 Å². The molecule has 0 saturated carbocycles. The van der Waals surface area contributed by atoms with Crippen molar-refractivity contribution in [3.63, 3.8) is 0 Å². The minimum atomic E-state index is -0.559. The largest absolute Gasteiger partial charge is 0.454 e. The number of thiocarbonyl (C=S) groups is 1. The summed E-state index contributed by atoms with van der Waals surface area (Å²) < 4.78 is 16.0. The molecule has 1 N–H and O–H groups in total. The Kier molecular flexibility index (Phi) is 3.70. The van der Waals surface area contributed by atoms with Crippen molar-refractivity contribution in [3.05, 3.63) is 29.5 Å². The minimum absolute atomic E-state index is 0.0764. The summed E-state index contributed by atoms with van der Waals surface area (Å²) in [5.41, 5.74) is 0.888. The van der Waals surface area contributed by atoms with Crippen molar-refractivity contribution in [3.8, 4) is 11.5 Å². The lowest BCUT2D eigenvalue weighted by molar-refractivity contribution is -0.135. The van der Waals surface area contributed by atoms with E-state index in [9.17, 15) is 9.59 Å². The van der Waals surface area contributed by atoms with Gasteiger partial charge in [0, 0.05) is 6.61 Å². The van der Waals surface area contributed by atoms with E-state index in [4.69, 9.17) is 26.4 Å². The van der Waals surface area contributed by atoms with E-state index < -0.39 is 12.0 Å². The van der Waals surface area contributed by atoms with Gasteiger partial charge in [0.25, 0.3) is 11.8 Å². The maximum absolute atomic E-state index is 12.6. The van der Waals surface area contributed by atoms with Crippen LogP contribution in [0, 0.1) is 0 Å². The molecule has 1 atom stereocenters. The first-order valence-corrected chi connectivity index (χ1v) is 7.96. The van der Waals surface area contributed by atoms with Crippen LogP contribution in [0.5, 0.6) is 11.5 Å². The molecule has 0 spiro atoms. The van der Waals surface area contributed by atoms with Crippen molar-refractivity contribution < 1.29 is 23.8 Å². The van der Waals surface area contributed by atoms with Crippen LogP contribution in [0.2, 0.25) is 0 Å². The van der Waals surface area contributed by atoms with Gasteiger partial charge in [-0.3, -0.25) is 14.9 Å². The predicted molar refractivity (Wildman–Crippen MR) is 87.1 cm³/mol. The number of carbonyl (C=O) groups excluding carboxylic acids is 2. The lowest BCUT2D eigenvalue weighted by Crippen LogP contribution is -2.40. The van der Waals surface area contributed by atoms with E-state index in [0.29, 0.717) is 30.1 Å². The molecule has 2 fully saturated rings. The number of fused-ring (bicyclic) bond motifs is 1. The third kappa shape index (κ3) is 2.53. The van der Waals surface area contributed by atoms with Gasteiger partial charge >= 0.3 is 0 Å². The fourth-order valence-corrected chi connectivity index (χ4v) is 3.14. The first kappa shape index (κ1) is 15.1. The molecule has 0 aliphatic carbocycles. The lowest BCUT2D eigenvalue weighted by atomic mass is 10.1. The zero-order valence-electron chi connectivity index (χ0n) is 12.6. The normalized spacial score (nSPS) is 23.9. The van der Waals surface area contributed by atoms with Gasteiger partial charge in [0.1, 0.15) is 11.8 Å². The number of amides is 2. The summed E-state index contributed by atoms with van der Waals surface area (Å²) in [5.74, 6) is 0.519. The molecule has 3 heterocycles. The van der Waals surface area contributed by atoms with Crippen molar-refractivity contribution >= 4 is 35.2 Å². The Hall–Kier alpha value is -2.45. The summed E-state index contributed by atoms with van der Waals surface area (Å²) in [6.07, 6.45) is 2.49. The molecular weight excluding hydrogens is 332 g/mol. The molecule has 124 valence electrons. The molecule has 7 nitrogen and oxygen atoms in total. The van der Waals surface area contributed by atoms with E-state index in [0.717, 1.165) is 6.42 Å². The SMILES string of the molecule is O=C1NC(=S)N(C(=O)[C@H]2CCCO2)/C1=C/c1ccc2c(c1)OCO2. The molecule has 3 aliphatic rings. The average Bonchev–Trinajstić information content (AvgIpc) is 3.28. The van der Waals surface area contributed by atoms with Crippen molar-refractivity contribution in [2.45, 2.75) is 18.9 Å². The van der Waals surface area contributed by atoms with Crippen molar-refractivity contribution in [2.24, 2.45) is 0 Å². The first-order valence-electron chi connectivity index (χ1n) is 7.56. The molecule has 0 bridgehead atoms. The number of hydrogen-bond donors (Lipinski definition) is 1. The molecule has 1 aromatic carbocycles. The van der Waals surface area contributed by atoms with Crippen LogP contribution in [0.25, 0.3) is 6.08 Å². The standard InChI is InChI=1S/C16H14N2O5S/c19-14-10(6-9-3-4-11-13(7-9)23-8-22-11)18(16(24)17-14)15(20)12-2-1-5-21-12/h3-4,6-7,12H,1-2,5,8H2,(H,17,19,24)/b10-6+/t12-/m1/s1. The highest BCUT2D eigenvalue weighted by molar-refractivity contribution is 7.80. The van der Waals surface area contributed by atoms with E-state index in [1.54, 1.807) is 24.3 Å². The third-order valence-corrected chi connectivity index (χ3v) is 4.31. The van der Waals surface area contributed by atoms with E-state index in [-0.39, 0.29) is 23.5 Å². The summed E-state index contributed by atoms with van der Waals surface area (Å²) >= 11 is 5.13. The molecule has 0 unspecified atom stereocenters. The van der Waals surface area contributed by atoms with Crippen molar-refractivity contribution in [1.82, 2.24) is 10.2 Å². The first-order chi connectivity index (χ1) is 11.6. The fourth-order valence-electron chi connectivity index (χ4n) is 2.85. The van der Waals surface area contributed by atoms with Crippen molar-refractivity contribution in [1.29, 1.82) is 0 Å². The van der Waals surface area contributed by atoms with Crippen LogP contribution >= 0.6 is 12.2 Å². The van der Waals surface area contributed by atoms with Crippen LogP contribution in [0.4, 0.5) is 0 Å². The quantitative estimate of drug-likeness (QED) is 0.640. The Morgan fingerprint density at radius 1 is 1.33 bits per heavy atom. The average molecular weight is 346 g/mol. The van der Waals surface area contributed by atoms with Crippen LogP contribution in [0.15, 0.2) is 23.9 Å². The molecule has 1 aromatic rings. The van der Waals surface area contributed by atoms with Gasteiger partial charge in [0.05, 0.1) is 0 Å². The highest BCUT2D eigenvalue weighted by Crippen LogP contribution is 2.33. The third-order valence-electron chi connectivity index (χ3n) is 4.02. The van der Waals surface area contributed by atoms with Crippen LogP contribution in [-0.4, -0.2) is 41.3 Å². The summed E-state index contributed by atoms with van der Waals surface area (Å²) in [4.78, 5) is 26.0. The minimum Gasteiger partial charge on any atom is -0.454 e. The Morgan fingerprint density at radius 2 is 2.17 bits per heavy atom. The highest BCUT2D eigenvalue weighted by Gasteiger charge is 2.39. The number of carbonyl (C=O) groups is 2. The maximum atomic E-state index is 12.6. The Labute approximate surface area is 143 Å². The van der Waals surface area contributed by atoms with Gasteiger partial charge in [-0.2, -0.15) is 0 Å². The molecule has 24 heavy (non-hydrogen) atoms. The van der Waals surface area contributed by atoms with Gasteiger partial charge in [-0.15, -0.1) is 0 Å². The van der Waals surface area contributed by atoms with E-state index in [2.05, 4.69) is 5.32 Å². The number of hydrogen-bond acceptors (Lipinski definition) is 6. The smallest absolute Gasteiger partial charge is 0.274 e. The molecule has 2 saturated heterocycles. The molecule has 8 heteroatoms. The second-order valence-electron chi connectivity index (χ2n) is 5.58. The lowest BCUT2D eigenvalue weighted by Gasteiger charge is -2.19. The van der Waals surface area contributed by atoms with Gasteiger partial charge < -0.3 is 14.2 Å². The molecule has 2 amide bonds. The zero-order valence-corrected chi connectivity index (χ0v) is 13.4. The monoisotopic (exact) mass is 346 g/mol. The second-order valence-corrected chi connectivity index (χ2v) is 5.96. The van der Waals surface area contributed by atoms with E-state index >= 15 is 0 Å². The Balaban J connectivity index is 1.67. The Bertz CT molecular complexity index is 770. The molecule has 3 aliphatic heterocycles. The van der Waals surface area contributed by atoms with Crippen LogP contribution in [-0.2, 0) is 14.3 Å². The number of rotatable bonds is 2. The van der Waals surface area contributed by atoms with Gasteiger partial charge in [-0.1, -0.05) is 6.07 Å². The predicted octanol–water partition coefficient (Wildman–Crippen LogP) is 1.18. The highest BCUT2D eigenvalue weighted by atomic mass is 32.1. The van der Waals surface area contributed by atoms with Gasteiger partial charge in [-0.05, 0) is 48.8 Å². The number of nitrogens with one attached hydrogen (secondary N) is 1. The molecule has 0 radical (unpaired) electrons. The number of nitrogens with zero attached hydrogens (tertiary/aromatic N) is 1. The fraction of sp³-hybridized carbons (Fsp3) is 0.312. The summed E-state index contributed by atoms with van der Waals surface area (Å²) in [6, 6.07) is 5.29. The summed E-state index contributed by atoms with van der Waals surface area (Å²) in [5, 5.41) is 2.59. The molecule has 4 rings (SSSR count). The Morgan fingerprint density at radius 3 is 2.96 bits per heavy atom. The van der Waals surface area contributed by atoms with Crippen LogP contribution in [0.3, 0.4) is 0 Å². The zero-order chi connectivity index (χ0) is 16.7. The topological polar surface area (TPSA) is 77.1 Å². The van der Waals surface area contributed by atoms with Gasteiger partial charge in [0.2, 0.25) is 6.79 Å². The summed E-state index contributed by atoms with van der Waals surface area (Å²) in [7, 11) is 0. The second kappa shape index (κ2) is 5.88. The van der Waals surface area contributed by atoms with Crippen LogP contribution < -0.4 is 14.8 Å².